The Morgan fingerprint density at radius 3 is 2.14 bits per heavy atom. The molecule has 22 heavy (non-hydrogen) atoms. The zero-order chi connectivity index (χ0) is 17.1. The minimum atomic E-state index is -0.767. The highest BCUT2D eigenvalue weighted by Crippen LogP contribution is 2.12. The summed E-state index contributed by atoms with van der Waals surface area (Å²) in [5.41, 5.74) is 32.3. The van der Waals surface area contributed by atoms with Crippen molar-refractivity contribution < 1.29 is 9.59 Å². The number of nitrogens with two attached hydrogens (primary N) is 6. The van der Waals surface area contributed by atoms with E-state index in [2.05, 4.69) is 9.98 Å². The molecule has 0 aromatic rings. The number of ketones is 1. The molecule has 0 aliphatic rings. The van der Waals surface area contributed by atoms with Gasteiger partial charge in [0.1, 0.15) is 6.29 Å². The topological polar surface area (TPSA) is 215 Å². The molecule has 0 rings (SSSR count). The van der Waals surface area contributed by atoms with E-state index in [1.165, 1.54) is 0 Å². The minimum Gasteiger partial charge on any atom is -0.370 e. The summed E-state index contributed by atoms with van der Waals surface area (Å²) in [7, 11) is 0. The number of hydrogen-bond donors (Lipinski definition) is 6. The molecule has 0 spiro atoms. The van der Waals surface area contributed by atoms with E-state index in [1.807, 2.05) is 0 Å². The van der Waals surface area contributed by atoms with E-state index in [4.69, 9.17) is 34.4 Å². The van der Waals surface area contributed by atoms with Gasteiger partial charge in [0, 0.05) is 12.5 Å². The molecule has 0 aromatic carbocycles. The molecule has 10 heteroatoms. The third kappa shape index (κ3) is 8.87. The molecule has 0 aromatic heterocycles. The molecule has 10 nitrogen and oxygen atoms in total. The molecule has 1 unspecified atom stereocenters. The first-order valence-corrected chi connectivity index (χ1v) is 6.88. The van der Waals surface area contributed by atoms with Crippen molar-refractivity contribution in [1.29, 1.82) is 0 Å². The summed E-state index contributed by atoms with van der Waals surface area (Å²) in [6, 6.07) is -1.48. The summed E-state index contributed by atoms with van der Waals surface area (Å²) in [5.74, 6) is -1.01. The summed E-state index contributed by atoms with van der Waals surface area (Å²) < 4.78 is 0. The predicted octanol–water partition coefficient (Wildman–Crippen LogP) is -3.26. The summed E-state index contributed by atoms with van der Waals surface area (Å²) >= 11 is 0. The maximum Gasteiger partial charge on any atom is 0.185 e. The molecule has 12 N–H and O–H groups in total. The van der Waals surface area contributed by atoms with Crippen molar-refractivity contribution in [2.24, 2.45) is 50.3 Å². The van der Waals surface area contributed by atoms with Crippen molar-refractivity contribution in [2.75, 3.05) is 13.1 Å². The van der Waals surface area contributed by atoms with Crippen LogP contribution in [0.4, 0.5) is 0 Å². The highest BCUT2D eigenvalue weighted by molar-refractivity contribution is 5.87. The van der Waals surface area contributed by atoms with Crippen LogP contribution in [0.5, 0.6) is 0 Å². The Bertz CT molecular complexity index is 415. The van der Waals surface area contributed by atoms with Crippen LogP contribution < -0.4 is 34.4 Å². The molecule has 0 aliphatic carbocycles. The Labute approximate surface area is 129 Å². The van der Waals surface area contributed by atoms with Gasteiger partial charge in [-0.15, -0.1) is 0 Å². The lowest BCUT2D eigenvalue weighted by Gasteiger charge is -2.19. The Balaban J connectivity index is 4.60. The third-order valence-corrected chi connectivity index (χ3v) is 2.96. The molecule has 0 bridgehead atoms. The van der Waals surface area contributed by atoms with E-state index in [-0.39, 0.29) is 30.7 Å². The zero-order valence-corrected chi connectivity index (χ0v) is 12.5. The van der Waals surface area contributed by atoms with Crippen molar-refractivity contribution in [3.05, 3.63) is 0 Å². The molecule has 0 amide bonds. The second-order valence-corrected chi connectivity index (χ2v) is 4.96. The number of carbonyl (C=O) groups excluding carboxylic acids is 2. The number of rotatable bonds is 11. The number of aliphatic imine (C=N–C) groups is 2. The molecule has 0 saturated heterocycles. The van der Waals surface area contributed by atoms with Crippen LogP contribution in [0, 0.1) is 5.92 Å². The summed E-state index contributed by atoms with van der Waals surface area (Å²) in [4.78, 5) is 30.6. The molecule has 0 radical (unpaired) electrons. The lowest BCUT2D eigenvalue weighted by molar-refractivity contribution is -0.124. The standard InChI is InChI=1S/C12H26N8O2/c13-8(6-21)4-7(5-20-12(17)18)10(22)9(14)2-1-3-19-11(15)16/h6-9H,1-5,13-14H2,(H4,15,16,19)(H4,17,18,20)/t7?,8-,9+/m1/s1. The summed E-state index contributed by atoms with van der Waals surface area (Å²) in [6.07, 6.45) is 1.67. The molecule has 0 fully saturated rings. The van der Waals surface area contributed by atoms with Gasteiger partial charge in [0.05, 0.1) is 18.6 Å². The van der Waals surface area contributed by atoms with Crippen molar-refractivity contribution >= 4 is 24.0 Å². The number of hydrogen-bond acceptors (Lipinski definition) is 6. The van der Waals surface area contributed by atoms with E-state index >= 15 is 0 Å². The van der Waals surface area contributed by atoms with E-state index in [1.54, 1.807) is 0 Å². The number of aldehydes is 1. The van der Waals surface area contributed by atoms with Crippen LogP contribution >= 0.6 is 0 Å². The van der Waals surface area contributed by atoms with E-state index < -0.39 is 18.0 Å². The maximum absolute atomic E-state index is 12.3. The second-order valence-electron chi connectivity index (χ2n) is 4.96. The molecular formula is C12H26N8O2. The third-order valence-electron chi connectivity index (χ3n) is 2.96. The van der Waals surface area contributed by atoms with Gasteiger partial charge in [0.2, 0.25) is 0 Å². The van der Waals surface area contributed by atoms with Crippen LogP contribution in [0.15, 0.2) is 9.98 Å². The van der Waals surface area contributed by atoms with Crippen molar-refractivity contribution in [3.8, 4) is 0 Å². The van der Waals surface area contributed by atoms with Gasteiger partial charge in [0.15, 0.2) is 17.7 Å². The zero-order valence-electron chi connectivity index (χ0n) is 12.5. The Morgan fingerprint density at radius 1 is 1.05 bits per heavy atom. The lowest BCUT2D eigenvalue weighted by Crippen LogP contribution is -2.40. The quantitative estimate of drug-likeness (QED) is 0.0981. The van der Waals surface area contributed by atoms with Gasteiger partial charge in [-0.1, -0.05) is 0 Å². The van der Waals surface area contributed by atoms with Crippen LogP contribution in [-0.4, -0.2) is 49.2 Å². The molecular weight excluding hydrogens is 288 g/mol. The summed E-state index contributed by atoms with van der Waals surface area (Å²) in [6.45, 7) is 0.431. The van der Waals surface area contributed by atoms with Gasteiger partial charge in [-0.2, -0.15) is 0 Å². The predicted molar refractivity (Wildman–Crippen MR) is 85.7 cm³/mol. The Kier molecular flexibility index (Phi) is 9.46. The highest BCUT2D eigenvalue weighted by Gasteiger charge is 2.25. The normalized spacial score (nSPS) is 14.5. The van der Waals surface area contributed by atoms with Gasteiger partial charge in [0.25, 0.3) is 0 Å². The smallest absolute Gasteiger partial charge is 0.185 e. The first-order valence-electron chi connectivity index (χ1n) is 6.88. The monoisotopic (exact) mass is 314 g/mol. The fourth-order valence-electron chi connectivity index (χ4n) is 1.84. The van der Waals surface area contributed by atoms with Gasteiger partial charge in [-0.25, -0.2) is 0 Å². The summed E-state index contributed by atoms with van der Waals surface area (Å²) in [5, 5.41) is 0. The maximum atomic E-state index is 12.3. The number of nitrogens with zero attached hydrogens (tertiary/aromatic N) is 2. The van der Waals surface area contributed by atoms with E-state index in [9.17, 15) is 9.59 Å². The number of guanidine groups is 2. The van der Waals surface area contributed by atoms with Gasteiger partial charge in [-0.05, 0) is 19.3 Å². The average molecular weight is 314 g/mol. The fraction of sp³-hybridized carbons (Fsp3) is 0.667. The molecule has 0 aliphatic heterocycles. The van der Waals surface area contributed by atoms with E-state index in [0.717, 1.165) is 0 Å². The molecule has 0 heterocycles. The van der Waals surface area contributed by atoms with Crippen LogP contribution in [0.2, 0.25) is 0 Å². The van der Waals surface area contributed by atoms with Crippen molar-refractivity contribution in [1.82, 2.24) is 0 Å². The van der Waals surface area contributed by atoms with Crippen LogP contribution in [0.25, 0.3) is 0 Å². The first kappa shape index (κ1) is 19.8. The molecule has 126 valence electrons. The minimum absolute atomic E-state index is 0.0116. The van der Waals surface area contributed by atoms with Crippen molar-refractivity contribution in [2.45, 2.75) is 31.3 Å². The highest BCUT2D eigenvalue weighted by atomic mass is 16.1. The van der Waals surface area contributed by atoms with Crippen LogP contribution in [0.3, 0.4) is 0 Å². The van der Waals surface area contributed by atoms with Crippen molar-refractivity contribution in [3.63, 3.8) is 0 Å². The number of carbonyl (C=O) groups is 2. The van der Waals surface area contributed by atoms with Gasteiger partial charge < -0.3 is 39.2 Å². The first-order chi connectivity index (χ1) is 10.3. The second kappa shape index (κ2) is 10.5. The lowest BCUT2D eigenvalue weighted by atomic mass is 9.90. The van der Waals surface area contributed by atoms with Gasteiger partial charge >= 0.3 is 0 Å². The van der Waals surface area contributed by atoms with Crippen LogP contribution in [0.1, 0.15) is 19.3 Å². The van der Waals surface area contributed by atoms with Gasteiger partial charge in [-0.3, -0.25) is 14.8 Å². The Morgan fingerprint density at radius 2 is 1.64 bits per heavy atom. The number of Topliss-reactive ketones (excluding diaryl/α,β-unsaturated/α-hetero) is 1. The van der Waals surface area contributed by atoms with Crippen LogP contribution in [-0.2, 0) is 9.59 Å². The molecule has 0 saturated carbocycles. The van der Waals surface area contributed by atoms with E-state index in [0.29, 0.717) is 25.7 Å². The SMILES string of the molecule is NC(N)=NCCC[C@H](N)C(=O)C(CN=C(N)N)C[C@@H](N)C=O. The molecule has 3 atom stereocenters. The largest absolute Gasteiger partial charge is 0.370 e. The fourth-order valence-corrected chi connectivity index (χ4v) is 1.84. The Hall–Kier alpha value is -2.20. The average Bonchev–Trinajstić information content (AvgIpc) is 2.46.